The van der Waals surface area contributed by atoms with Gasteiger partial charge in [-0.2, -0.15) is 0 Å². The molecule has 0 aliphatic rings. The van der Waals surface area contributed by atoms with Crippen molar-refractivity contribution >= 4 is 16.8 Å². The number of hydrogen-bond donors (Lipinski definition) is 1. The average molecular weight is 242 g/mol. The van der Waals surface area contributed by atoms with Gasteiger partial charge in [0.15, 0.2) is 5.58 Å². The predicted octanol–water partition coefficient (Wildman–Crippen LogP) is 3.52. The number of aromatic nitrogens is 1. The van der Waals surface area contributed by atoms with Gasteiger partial charge in [0.1, 0.15) is 11.3 Å². The van der Waals surface area contributed by atoms with Crippen LogP contribution in [0, 0.1) is 12.7 Å². The van der Waals surface area contributed by atoms with E-state index in [0.717, 1.165) is 11.1 Å². The van der Waals surface area contributed by atoms with Crippen molar-refractivity contribution in [3.63, 3.8) is 0 Å². The third-order valence-corrected chi connectivity index (χ3v) is 2.79. The standard InChI is InChI=1S/C14H11FN2O/c1-8-2-4-11(16)10(6-8)14-17-12-7-9(15)3-5-13(12)18-14/h2-7H,16H2,1H3. The van der Waals surface area contributed by atoms with E-state index in [1.807, 2.05) is 19.1 Å². The Hall–Kier alpha value is -2.36. The fourth-order valence-electron chi connectivity index (χ4n) is 1.87. The summed E-state index contributed by atoms with van der Waals surface area (Å²) in [6.07, 6.45) is 0. The molecule has 2 aromatic carbocycles. The van der Waals surface area contributed by atoms with E-state index in [0.29, 0.717) is 22.7 Å². The van der Waals surface area contributed by atoms with Crippen molar-refractivity contribution in [2.24, 2.45) is 0 Å². The van der Waals surface area contributed by atoms with Gasteiger partial charge < -0.3 is 10.2 Å². The fourth-order valence-corrected chi connectivity index (χ4v) is 1.87. The van der Waals surface area contributed by atoms with Crippen LogP contribution in [-0.4, -0.2) is 4.98 Å². The van der Waals surface area contributed by atoms with Crippen molar-refractivity contribution in [1.29, 1.82) is 0 Å². The van der Waals surface area contributed by atoms with Crippen molar-refractivity contribution < 1.29 is 8.81 Å². The lowest BCUT2D eigenvalue weighted by Crippen LogP contribution is -1.90. The number of nitrogens with two attached hydrogens (primary N) is 1. The molecule has 3 rings (SSSR count). The monoisotopic (exact) mass is 242 g/mol. The number of anilines is 1. The summed E-state index contributed by atoms with van der Waals surface area (Å²) in [5.74, 6) is 0.0800. The number of oxazole rings is 1. The summed E-state index contributed by atoms with van der Waals surface area (Å²) >= 11 is 0. The minimum atomic E-state index is -0.334. The van der Waals surface area contributed by atoms with Crippen LogP contribution in [0.25, 0.3) is 22.6 Å². The highest BCUT2D eigenvalue weighted by molar-refractivity contribution is 5.79. The minimum absolute atomic E-state index is 0.334. The summed E-state index contributed by atoms with van der Waals surface area (Å²) in [6, 6.07) is 9.87. The Morgan fingerprint density at radius 1 is 1.17 bits per heavy atom. The van der Waals surface area contributed by atoms with Crippen LogP contribution in [0.4, 0.5) is 10.1 Å². The lowest BCUT2D eigenvalue weighted by Gasteiger charge is -2.01. The van der Waals surface area contributed by atoms with E-state index in [4.69, 9.17) is 10.2 Å². The zero-order valence-electron chi connectivity index (χ0n) is 9.77. The number of fused-ring (bicyclic) bond motifs is 1. The molecular weight excluding hydrogens is 231 g/mol. The quantitative estimate of drug-likeness (QED) is 0.664. The normalized spacial score (nSPS) is 11.0. The lowest BCUT2D eigenvalue weighted by molar-refractivity contribution is 0.614. The Kier molecular flexibility index (Phi) is 2.30. The third-order valence-electron chi connectivity index (χ3n) is 2.79. The molecule has 0 atom stereocenters. The number of benzene rings is 2. The second-order valence-electron chi connectivity index (χ2n) is 4.22. The topological polar surface area (TPSA) is 52.0 Å². The Morgan fingerprint density at radius 3 is 2.83 bits per heavy atom. The summed E-state index contributed by atoms with van der Waals surface area (Å²) in [4.78, 5) is 4.26. The molecule has 0 radical (unpaired) electrons. The first-order valence-electron chi connectivity index (χ1n) is 5.56. The number of aryl methyl sites for hydroxylation is 1. The van der Waals surface area contributed by atoms with Gasteiger partial charge in [-0.3, -0.25) is 0 Å². The van der Waals surface area contributed by atoms with Gasteiger partial charge >= 0.3 is 0 Å². The lowest BCUT2D eigenvalue weighted by atomic mass is 10.1. The summed E-state index contributed by atoms with van der Waals surface area (Å²) in [5.41, 5.74) is 9.32. The van der Waals surface area contributed by atoms with E-state index in [9.17, 15) is 4.39 Å². The van der Waals surface area contributed by atoms with Crippen LogP contribution >= 0.6 is 0 Å². The van der Waals surface area contributed by atoms with Gasteiger partial charge in [-0.15, -0.1) is 0 Å². The Balaban J connectivity index is 2.22. The van der Waals surface area contributed by atoms with Gasteiger partial charge in [0.2, 0.25) is 5.89 Å². The number of nitrogen functional groups attached to an aromatic ring is 1. The van der Waals surface area contributed by atoms with Gasteiger partial charge in [-0.1, -0.05) is 11.6 Å². The molecule has 0 amide bonds. The van der Waals surface area contributed by atoms with Crippen LogP contribution in [-0.2, 0) is 0 Å². The molecule has 0 aliphatic carbocycles. The molecular formula is C14H11FN2O. The largest absolute Gasteiger partial charge is 0.436 e. The van der Waals surface area contributed by atoms with Gasteiger partial charge in [-0.05, 0) is 31.2 Å². The highest BCUT2D eigenvalue weighted by Crippen LogP contribution is 2.29. The first kappa shape index (κ1) is 10.8. The van der Waals surface area contributed by atoms with Gasteiger partial charge in [0.05, 0.1) is 5.56 Å². The molecule has 18 heavy (non-hydrogen) atoms. The van der Waals surface area contributed by atoms with Crippen LogP contribution in [0.2, 0.25) is 0 Å². The van der Waals surface area contributed by atoms with Gasteiger partial charge in [0, 0.05) is 11.8 Å². The second-order valence-corrected chi connectivity index (χ2v) is 4.22. The van der Waals surface area contributed by atoms with Crippen LogP contribution in [0.15, 0.2) is 40.8 Å². The van der Waals surface area contributed by atoms with E-state index in [2.05, 4.69) is 4.98 Å². The van der Waals surface area contributed by atoms with Crippen LogP contribution in [0.3, 0.4) is 0 Å². The molecule has 0 spiro atoms. The maximum atomic E-state index is 13.1. The summed E-state index contributed by atoms with van der Waals surface area (Å²) in [5, 5.41) is 0. The molecule has 0 bridgehead atoms. The van der Waals surface area contributed by atoms with Crippen molar-refractivity contribution in [3.05, 3.63) is 47.8 Å². The third kappa shape index (κ3) is 1.72. The SMILES string of the molecule is Cc1ccc(N)c(-c2nc3cc(F)ccc3o2)c1. The average Bonchev–Trinajstić information content (AvgIpc) is 2.74. The summed E-state index contributed by atoms with van der Waals surface area (Å²) < 4.78 is 18.7. The summed E-state index contributed by atoms with van der Waals surface area (Å²) in [6.45, 7) is 1.96. The van der Waals surface area contributed by atoms with Crippen molar-refractivity contribution in [2.45, 2.75) is 6.92 Å². The van der Waals surface area contributed by atoms with E-state index in [1.165, 1.54) is 12.1 Å². The molecule has 3 nitrogen and oxygen atoms in total. The minimum Gasteiger partial charge on any atom is -0.436 e. The van der Waals surface area contributed by atoms with Crippen LogP contribution < -0.4 is 5.73 Å². The van der Waals surface area contributed by atoms with Gasteiger partial charge in [0.25, 0.3) is 0 Å². The van der Waals surface area contributed by atoms with Crippen LogP contribution in [0.1, 0.15) is 5.56 Å². The maximum Gasteiger partial charge on any atom is 0.229 e. The first-order valence-corrected chi connectivity index (χ1v) is 5.56. The second kappa shape index (κ2) is 3.84. The van der Waals surface area contributed by atoms with Crippen molar-refractivity contribution in [1.82, 2.24) is 4.98 Å². The van der Waals surface area contributed by atoms with E-state index >= 15 is 0 Å². The zero-order valence-corrected chi connectivity index (χ0v) is 9.77. The zero-order chi connectivity index (χ0) is 12.7. The predicted molar refractivity (Wildman–Crippen MR) is 68.6 cm³/mol. The molecule has 4 heteroatoms. The Morgan fingerprint density at radius 2 is 2.00 bits per heavy atom. The van der Waals surface area contributed by atoms with E-state index < -0.39 is 0 Å². The Bertz CT molecular complexity index is 734. The molecule has 0 aliphatic heterocycles. The molecule has 3 aromatic rings. The van der Waals surface area contributed by atoms with E-state index in [1.54, 1.807) is 12.1 Å². The number of hydrogen-bond acceptors (Lipinski definition) is 3. The van der Waals surface area contributed by atoms with Crippen molar-refractivity contribution in [2.75, 3.05) is 5.73 Å². The molecule has 1 heterocycles. The highest BCUT2D eigenvalue weighted by atomic mass is 19.1. The fraction of sp³-hybridized carbons (Fsp3) is 0.0714. The smallest absolute Gasteiger partial charge is 0.229 e. The van der Waals surface area contributed by atoms with Gasteiger partial charge in [-0.25, -0.2) is 9.37 Å². The molecule has 0 saturated heterocycles. The number of nitrogens with zero attached hydrogens (tertiary/aromatic N) is 1. The molecule has 2 N–H and O–H groups in total. The molecule has 0 saturated carbocycles. The highest BCUT2D eigenvalue weighted by Gasteiger charge is 2.11. The number of rotatable bonds is 1. The van der Waals surface area contributed by atoms with E-state index in [-0.39, 0.29) is 5.82 Å². The Labute approximate surface area is 103 Å². The maximum absolute atomic E-state index is 13.1. The van der Waals surface area contributed by atoms with Crippen molar-refractivity contribution in [3.8, 4) is 11.5 Å². The summed E-state index contributed by atoms with van der Waals surface area (Å²) in [7, 11) is 0. The molecule has 0 unspecified atom stereocenters. The number of halogens is 1. The molecule has 90 valence electrons. The van der Waals surface area contributed by atoms with Crippen LogP contribution in [0.5, 0.6) is 0 Å². The first-order chi connectivity index (χ1) is 8.63. The molecule has 0 fully saturated rings. The molecule has 1 aromatic heterocycles.